The number of carbonyl (C=O) groups excluding carboxylic acids is 1. The Morgan fingerprint density at radius 2 is 2.29 bits per heavy atom. The van der Waals surface area contributed by atoms with Crippen LogP contribution in [0.25, 0.3) is 10.9 Å². The zero-order chi connectivity index (χ0) is 16.9. The highest BCUT2D eigenvalue weighted by Crippen LogP contribution is 2.29. The summed E-state index contributed by atoms with van der Waals surface area (Å²) in [5.74, 6) is 1.39. The van der Waals surface area contributed by atoms with Gasteiger partial charge in [0.1, 0.15) is 11.3 Å². The van der Waals surface area contributed by atoms with Crippen molar-refractivity contribution in [2.75, 3.05) is 18.2 Å². The summed E-state index contributed by atoms with van der Waals surface area (Å²) in [7, 11) is 1.65. The van der Waals surface area contributed by atoms with Crippen LogP contribution in [0, 0.1) is 6.92 Å². The van der Waals surface area contributed by atoms with Crippen molar-refractivity contribution in [3.63, 3.8) is 0 Å². The molecule has 0 saturated heterocycles. The molecule has 0 aliphatic rings. The molecule has 1 N–H and O–H groups in total. The largest absolute Gasteiger partial charge is 0.494 e. The third kappa shape index (κ3) is 3.85. The van der Waals surface area contributed by atoms with Crippen LogP contribution in [0.15, 0.2) is 40.9 Å². The first-order chi connectivity index (χ1) is 11.7. The molecule has 3 aromatic rings. The highest BCUT2D eigenvalue weighted by molar-refractivity contribution is 7.99. The number of ether oxygens (including phenoxy) is 1. The average Bonchev–Trinajstić information content (AvgIpc) is 3.07. The first-order valence-corrected chi connectivity index (χ1v) is 9.30. The van der Waals surface area contributed by atoms with E-state index in [2.05, 4.69) is 22.2 Å². The number of nitrogens with zero attached hydrogens (tertiary/aromatic N) is 2. The third-order valence-corrected chi connectivity index (χ3v) is 5.07. The summed E-state index contributed by atoms with van der Waals surface area (Å²) in [6.45, 7) is 2.06. The van der Waals surface area contributed by atoms with Crippen molar-refractivity contribution >= 4 is 45.0 Å². The zero-order valence-corrected chi connectivity index (χ0v) is 15.0. The first kappa shape index (κ1) is 16.7. The first-order valence-electron chi connectivity index (χ1n) is 7.44. The Morgan fingerprint density at radius 1 is 1.42 bits per heavy atom. The smallest absolute Gasteiger partial charge is 0.226 e. The maximum Gasteiger partial charge on any atom is 0.226 e. The number of methoxy groups -OCH3 is 1. The van der Waals surface area contributed by atoms with Crippen molar-refractivity contribution in [3.8, 4) is 5.75 Å². The molecule has 1 aromatic carbocycles. The molecule has 1 amide bonds. The monoisotopic (exact) mass is 359 g/mol. The molecule has 5 nitrogen and oxygen atoms in total. The van der Waals surface area contributed by atoms with Crippen molar-refractivity contribution in [2.45, 2.75) is 18.4 Å². The minimum Gasteiger partial charge on any atom is -0.494 e. The van der Waals surface area contributed by atoms with Gasteiger partial charge in [-0.15, -0.1) is 23.1 Å². The van der Waals surface area contributed by atoms with E-state index in [1.54, 1.807) is 25.1 Å². The lowest BCUT2D eigenvalue weighted by Crippen LogP contribution is -2.11. The molecule has 2 heterocycles. The topological polar surface area (TPSA) is 64.1 Å². The van der Waals surface area contributed by atoms with Gasteiger partial charge in [-0.05, 0) is 24.6 Å². The normalized spacial score (nSPS) is 10.8. The van der Waals surface area contributed by atoms with Crippen LogP contribution in [-0.2, 0) is 4.79 Å². The van der Waals surface area contributed by atoms with Crippen LogP contribution >= 0.6 is 23.1 Å². The minimum atomic E-state index is -0.0347. The van der Waals surface area contributed by atoms with Crippen LogP contribution in [0.2, 0.25) is 0 Å². The maximum absolute atomic E-state index is 11.9. The average molecular weight is 359 g/mol. The number of thiazole rings is 1. The lowest BCUT2D eigenvalue weighted by molar-refractivity contribution is -0.115. The van der Waals surface area contributed by atoms with Gasteiger partial charge in [-0.2, -0.15) is 0 Å². The number of hydrogen-bond acceptors (Lipinski definition) is 6. The van der Waals surface area contributed by atoms with E-state index in [9.17, 15) is 4.79 Å². The Hall–Kier alpha value is -2.12. The molecule has 0 atom stereocenters. The lowest BCUT2D eigenvalue weighted by Gasteiger charge is -2.09. The third-order valence-electron chi connectivity index (χ3n) is 3.46. The zero-order valence-electron chi connectivity index (χ0n) is 13.4. The maximum atomic E-state index is 11.9. The van der Waals surface area contributed by atoms with E-state index in [1.165, 1.54) is 11.3 Å². The van der Waals surface area contributed by atoms with Gasteiger partial charge >= 0.3 is 0 Å². The molecule has 24 heavy (non-hydrogen) atoms. The number of carbonyl (C=O) groups is 1. The summed E-state index contributed by atoms with van der Waals surface area (Å²) in [6, 6.07) is 7.96. The quantitative estimate of drug-likeness (QED) is 0.671. The van der Waals surface area contributed by atoms with Gasteiger partial charge in [-0.1, -0.05) is 12.1 Å². The van der Waals surface area contributed by atoms with E-state index in [0.29, 0.717) is 17.3 Å². The molecule has 7 heteroatoms. The number of para-hydroxylation sites is 1. The van der Waals surface area contributed by atoms with Gasteiger partial charge in [-0.3, -0.25) is 4.79 Å². The van der Waals surface area contributed by atoms with Crippen molar-refractivity contribution in [1.82, 2.24) is 9.97 Å². The molecule has 0 saturated carbocycles. The Bertz CT molecular complexity index is 850. The molecular weight excluding hydrogens is 342 g/mol. The number of benzene rings is 1. The molecule has 0 aliphatic carbocycles. The molecule has 0 radical (unpaired) electrons. The standard InChI is InChI=1S/C17H17N3O2S2/c1-11-10-15(20-16-12(11)4-3-5-13(16)22-2)23-8-6-14(21)19-17-18-7-9-24-17/h3-5,7,9-10H,6,8H2,1-2H3,(H,18,19,21). The fourth-order valence-corrected chi connectivity index (χ4v) is 3.77. The van der Waals surface area contributed by atoms with Gasteiger partial charge in [0.2, 0.25) is 5.91 Å². The Labute approximate surface area is 148 Å². The summed E-state index contributed by atoms with van der Waals surface area (Å²) in [5, 5.41) is 7.23. The van der Waals surface area contributed by atoms with Gasteiger partial charge in [0.15, 0.2) is 5.13 Å². The summed E-state index contributed by atoms with van der Waals surface area (Å²) in [4.78, 5) is 20.6. The SMILES string of the molecule is COc1cccc2c(C)cc(SCCC(=O)Nc3nccs3)nc12. The van der Waals surface area contributed by atoms with Crippen molar-refractivity contribution in [3.05, 3.63) is 41.4 Å². The number of thioether (sulfide) groups is 1. The predicted molar refractivity (Wildman–Crippen MR) is 99.1 cm³/mol. The Morgan fingerprint density at radius 3 is 3.04 bits per heavy atom. The molecule has 0 bridgehead atoms. The fraction of sp³-hybridized carbons (Fsp3) is 0.235. The van der Waals surface area contributed by atoms with Gasteiger partial charge in [0, 0.05) is 29.1 Å². The second-order valence-corrected chi connectivity index (χ2v) is 7.13. The number of rotatable bonds is 6. The summed E-state index contributed by atoms with van der Waals surface area (Å²) >= 11 is 2.98. The van der Waals surface area contributed by atoms with Crippen LogP contribution in [-0.4, -0.2) is 28.7 Å². The summed E-state index contributed by atoms with van der Waals surface area (Å²) in [5.41, 5.74) is 2.00. The summed E-state index contributed by atoms with van der Waals surface area (Å²) < 4.78 is 5.40. The highest BCUT2D eigenvalue weighted by atomic mass is 32.2. The van der Waals surface area contributed by atoms with Gasteiger partial charge in [0.05, 0.1) is 12.1 Å². The number of nitrogens with one attached hydrogen (secondary N) is 1. The molecular formula is C17H17N3O2S2. The van der Waals surface area contributed by atoms with Crippen molar-refractivity contribution < 1.29 is 9.53 Å². The van der Waals surface area contributed by atoms with Crippen LogP contribution in [0.3, 0.4) is 0 Å². The summed E-state index contributed by atoms with van der Waals surface area (Å²) in [6.07, 6.45) is 2.08. The van der Waals surface area contributed by atoms with Crippen molar-refractivity contribution in [2.24, 2.45) is 0 Å². The predicted octanol–water partition coefficient (Wildman–Crippen LogP) is 4.13. The van der Waals surface area contributed by atoms with E-state index in [-0.39, 0.29) is 5.91 Å². The molecule has 2 aromatic heterocycles. The van der Waals surface area contributed by atoms with Crippen LogP contribution in [0.1, 0.15) is 12.0 Å². The van der Waals surface area contributed by atoms with E-state index < -0.39 is 0 Å². The molecule has 0 spiro atoms. The Kier molecular flexibility index (Phi) is 5.32. The minimum absolute atomic E-state index is 0.0347. The van der Waals surface area contributed by atoms with Gasteiger partial charge in [0.25, 0.3) is 0 Å². The van der Waals surface area contributed by atoms with Gasteiger partial charge < -0.3 is 10.1 Å². The molecule has 0 aliphatic heterocycles. The Balaban J connectivity index is 1.66. The number of anilines is 1. The number of amides is 1. The molecule has 0 unspecified atom stereocenters. The van der Waals surface area contributed by atoms with E-state index in [4.69, 9.17) is 4.74 Å². The second-order valence-electron chi connectivity index (χ2n) is 5.12. The van der Waals surface area contributed by atoms with E-state index in [0.717, 1.165) is 27.2 Å². The number of aromatic nitrogens is 2. The van der Waals surface area contributed by atoms with E-state index >= 15 is 0 Å². The van der Waals surface area contributed by atoms with Crippen LogP contribution in [0.4, 0.5) is 5.13 Å². The van der Waals surface area contributed by atoms with Gasteiger partial charge in [-0.25, -0.2) is 9.97 Å². The molecule has 3 rings (SSSR count). The molecule has 0 fully saturated rings. The van der Waals surface area contributed by atoms with Crippen LogP contribution in [0.5, 0.6) is 5.75 Å². The van der Waals surface area contributed by atoms with Crippen LogP contribution < -0.4 is 10.1 Å². The number of pyridine rings is 1. The number of fused-ring (bicyclic) bond motifs is 1. The number of hydrogen-bond donors (Lipinski definition) is 1. The van der Waals surface area contributed by atoms with Crippen molar-refractivity contribution in [1.29, 1.82) is 0 Å². The number of aryl methyl sites for hydroxylation is 1. The fourth-order valence-electron chi connectivity index (χ4n) is 2.32. The van der Waals surface area contributed by atoms with E-state index in [1.807, 2.05) is 29.6 Å². The lowest BCUT2D eigenvalue weighted by atomic mass is 10.1. The highest BCUT2D eigenvalue weighted by Gasteiger charge is 2.09. The molecule has 124 valence electrons. The second kappa shape index (κ2) is 7.63.